The highest BCUT2D eigenvalue weighted by Crippen LogP contribution is 2.25. The molecule has 3 nitrogen and oxygen atoms in total. The second kappa shape index (κ2) is 7.93. The zero-order chi connectivity index (χ0) is 16.1. The molecule has 1 N–H and O–H groups in total. The van der Waals surface area contributed by atoms with E-state index >= 15 is 0 Å². The van der Waals surface area contributed by atoms with Crippen molar-refractivity contribution in [1.29, 1.82) is 0 Å². The number of piperidine rings is 1. The van der Waals surface area contributed by atoms with Gasteiger partial charge in [0, 0.05) is 19.6 Å². The Balaban J connectivity index is 2.02. The van der Waals surface area contributed by atoms with Crippen molar-refractivity contribution in [3.63, 3.8) is 0 Å². The van der Waals surface area contributed by atoms with Gasteiger partial charge in [0.2, 0.25) is 0 Å². The van der Waals surface area contributed by atoms with E-state index in [4.69, 9.17) is 0 Å². The zero-order valence-electron chi connectivity index (χ0n) is 14.4. The maximum atomic E-state index is 14.2. The van der Waals surface area contributed by atoms with Gasteiger partial charge in [-0.2, -0.15) is 0 Å². The Kier molecular flexibility index (Phi) is 6.21. The number of nitrogens with zero attached hydrogens (tertiary/aromatic N) is 2. The molecule has 1 heterocycles. The van der Waals surface area contributed by atoms with E-state index in [2.05, 4.69) is 36.0 Å². The van der Waals surface area contributed by atoms with Gasteiger partial charge in [-0.1, -0.05) is 19.9 Å². The van der Waals surface area contributed by atoms with Crippen LogP contribution in [0.1, 0.15) is 32.3 Å². The minimum Gasteiger partial charge on any atom is -0.369 e. The van der Waals surface area contributed by atoms with Crippen molar-refractivity contribution in [3.05, 3.63) is 29.6 Å². The van der Waals surface area contributed by atoms with Gasteiger partial charge in [-0.3, -0.25) is 0 Å². The van der Waals surface area contributed by atoms with Crippen molar-refractivity contribution in [3.8, 4) is 0 Å². The third-order valence-electron chi connectivity index (χ3n) is 4.51. The summed E-state index contributed by atoms with van der Waals surface area (Å²) in [5.41, 5.74) is 1.88. The summed E-state index contributed by atoms with van der Waals surface area (Å²) >= 11 is 0. The molecule has 0 aliphatic carbocycles. The third-order valence-corrected chi connectivity index (χ3v) is 4.51. The average Bonchev–Trinajstić information content (AvgIpc) is 2.49. The molecule has 0 spiro atoms. The van der Waals surface area contributed by atoms with Crippen LogP contribution < -0.4 is 10.2 Å². The number of anilines is 1. The number of benzene rings is 1. The molecular formula is C18H30FN3. The second-order valence-corrected chi connectivity index (χ2v) is 6.96. The van der Waals surface area contributed by atoms with Crippen molar-refractivity contribution in [2.45, 2.75) is 39.3 Å². The van der Waals surface area contributed by atoms with Crippen molar-refractivity contribution >= 4 is 5.69 Å². The molecule has 0 radical (unpaired) electrons. The fourth-order valence-electron chi connectivity index (χ4n) is 3.02. The minimum atomic E-state index is -0.117. The number of hydrogen-bond donors (Lipinski definition) is 1. The summed E-state index contributed by atoms with van der Waals surface area (Å²) in [6, 6.07) is 5.92. The highest BCUT2D eigenvalue weighted by atomic mass is 19.1. The van der Waals surface area contributed by atoms with Gasteiger partial charge in [-0.05, 0) is 63.1 Å². The van der Waals surface area contributed by atoms with E-state index < -0.39 is 0 Å². The Morgan fingerprint density at radius 1 is 1.32 bits per heavy atom. The molecule has 124 valence electrons. The van der Waals surface area contributed by atoms with Crippen LogP contribution in [0, 0.1) is 11.7 Å². The molecule has 0 unspecified atom stereocenters. The largest absolute Gasteiger partial charge is 0.369 e. The Morgan fingerprint density at radius 2 is 2.00 bits per heavy atom. The molecule has 1 aromatic carbocycles. The lowest BCUT2D eigenvalue weighted by molar-refractivity contribution is 0.252. The molecule has 1 aromatic rings. The summed E-state index contributed by atoms with van der Waals surface area (Å²) in [6.45, 7) is 8.34. The molecule has 0 aromatic heterocycles. The second-order valence-electron chi connectivity index (χ2n) is 6.96. The summed E-state index contributed by atoms with van der Waals surface area (Å²) in [6.07, 6.45) is 2.20. The molecule has 0 saturated carbocycles. The molecule has 1 aliphatic rings. The molecule has 1 saturated heterocycles. The molecule has 0 amide bonds. The van der Waals surface area contributed by atoms with E-state index in [1.807, 2.05) is 19.2 Å². The first kappa shape index (κ1) is 17.2. The Hall–Kier alpha value is -1.13. The van der Waals surface area contributed by atoms with Crippen LogP contribution >= 0.6 is 0 Å². The number of halogens is 1. The fraction of sp³-hybridized carbons (Fsp3) is 0.667. The van der Waals surface area contributed by atoms with Gasteiger partial charge in [-0.15, -0.1) is 0 Å². The maximum Gasteiger partial charge on any atom is 0.146 e. The van der Waals surface area contributed by atoms with E-state index in [-0.39, 0.29) is 5.82 Å². The van der Waals surface area contributed by atoms with Gasteiger partial charge in [0.15, 0.2) is 0 Å². The Labute approximate surface area is 134 Å². The summed E-state index contributed by atoms with van der Waals surface area (Å²) in [4.78, 5) is 4.47. The minimum absolute atomic E-state index is 0.117. The normalized spacial score (nSPS) is 17.2. The first-order valence-electron chi connectivity index (χ1n) is 8.38. The Bertz CT molecular complexity index is 467. The first-order chi connectivity index (χ1) is 10.5. The molecular weight excluding hydrogens is 277 g/mol. The number of nitrogens with one attached hydrogen (secondary N) is 1. The van der Waals surface area contributed by atoms with E-state index in [9.17, 15) is 4.39 Å². The van der Waals surface area contributed by atoms with Crippen molar-refractivity contribution < 1.29 is 4.39 Å². The highest BCUT2D eigenvalue weighted by molar-refractivity contribution is 5.50. The highest BCUT2D eigenvalue weighted by Gasteiger charge is 2.22. The molecule has 0 bridgehead atoms. The summed E-state index contributed by atoms with van der Waals surface area (Å²) < 4.78 is 14.2. The van der Waals surface area contributed by atoms with E-state index in [1.54, 1.807) is 6.07 Å². The molecule has 1 aliphatic heterocycles. The van der Waals surface area contributed by atoms with Crippen LogP contribution in [0.5, 0.6) is 0 Å². The summed E-state index contributed by atoms with van der Waals surface area (Å²) in [7, 11) is 4.18. The van der Waals surface area contributed by atoms with Crippen LogP contribution in [0.4, 0.5) is 10.1 Å². The van der Waals surface area contributed by atoms with Gasteiger partial charge in [0.1, 0.15) is 5.82 Å². The van der Waals surface area contributed by atoms with Crippen molar-refractivity contribution in [2.75, 3.05) is 38.6 Å². The monoisotopic (exact) mass is 307 g/mol. The van der Waals surface area contributed by atoms with Crippen LogP contribution in [0.3, 0.4) is 0 Å². The van der Waals surface area contributed by atoms with Crippen LogP contribution in [0.25, 0.3) is 0 Å². The molecule has 0 atom stereocenters. The average molecular weight is 307 g/mol. The fourth-order valence-corrected chi connectivity index (χ4v) is 3.02. The topological polar surface area (TPSA) is 18.5 Å². The lowest BCUT2D eigenvalue weighted by Crippen LogP contribution is -2.42. The molecule has 4 heteroatoms. The van der Waals surface area contributed by atoms with Gasteiger partial charge in [-0.25, -0.2) is 4.39 Å². The predicted octanol–water partition coefficient (Wildman–Crippen LogP) is 3.10. The van der Waals surface area contributed by atoms with Crippen LogP contribution in [0.15, 0.2) is 18.2 Å². The smallest absolute Gasteiger partial charge is 0.146 e. The van der Waals surface area contributed by atoms with Gasteiger partial charge < -0.3 is 15.1 Å². The standard InChI is InChI=1S/C18H30FN3/c1-14(2)12-20-13-15-5-6-17(19)18(11-15)22(4)16-7-9-21(3)10-8-16/h5-6,11,14,16,20H,7-10,12-13H2,1-4H3. The van der Waals surface area contributed by atoms with E-state index in [0.29, 0.717) is 12.0 Å². The predicted molar refractivity (Wildman–Crippen MR) is 91.9 cm³/mol. The SMILES string of the molecule is CC(C)CNCc1ccc(F)c(N(C)C2CCN(C)CC2)c1. The zero-order valence-corrected chi connectivity index (χ0v) is 14.4. The Morgan fingerprint density at radius 3 is 2.64 bits per heavy atom. The maximum absolute atomic E-state index is 14.2. The van der Waals surface area contributed by atoms with E-state index in [1.165, 1.54) is 0 Å². The van der Waals surface area contributed by atoms with Gasteiger partial charge in [0.05, 0.1) is 5.69 Å². The first-order valence-corrected chi connectivity index (χ1v) is 8.38. The third kappa shape index (κ3) is 4.68. The number of hydrogen-bond acceptors (Lipinski definition) is 3. The lowest BCUT2D eigenvalue weighted by Gasteiger charge is -2.36. The number of rotatable bonds is 6. The van der Waals surface area contributed by atoms with Crippen LogP contribution in [-0.4, -0.2) is 44.7 Å². The van der Waals surface area contributed by atoms with Crippen molar-refractivity contribution in [2.24, 2.45) is 5.92 Å². The van der Waals surface area contributed by atoms with Crippen LogP contribution in [0.2, 0.25) is 0 Å². The van der Waals surface area contributed by atoms with Crippen molar-refractivity contribution in [1.82, 2.24) is 10.2 Å². The number of likely N-dealkylation sites (tertiary alicyclic amines) is 1. The van der Waals surface area contributed by atoms with E-state index in [0.717, 1.165) is 50.3 Å². The van der Waals surface area contributed by atoms with Gasteiger partial charge >= 0.3 is 0 Å². The molecule has 1 fully saturated rings. The summed E-state index contributed by atoms with van der Waals surface area (Å²) in [5.74, 6) is 0.510. The summed E-state index contributed by atoms with van der Waals surface area (Å²) in [5, 5.41) is 3.42. The van der Waals surface area contributed by atoms with Crippen LogP contribution in [-0.2, 0) is 6.54 Å². The lowest BCUT2D eigenvalue weighted by atomic mass is 10.0. The quantitative estimate of drug-likeness (QED) is 0.871. The van der Waals surface area contributed by atoms with Gasteiger partial charge in [0.25, 0.3) is 0 Å². The molecule has 2 rings (SSSR count). The molecule has 22 heavy (non-hydrogen) atoms.